The Morgan fingerprint density at radius 1 is 1.00 bits per heavy atom. The quantitative estimate of drug-likeness (QED) is 0.641. The molecule has 0 aliphatic rings. The van der Waals surface area contributed by atoms with Crippen molar-refractivity contribution in [2.24, 2.45) is 0 Å². The molecule has 22 heavy (non-hydrogen) atoms. The van der Waals surface area contributed by atoms with Crippen molar-refractivity contribution in [2.45, 2.75) is 77.6 Å². The first-order valence-corrected chi connectivity index (χ1v) is 8.73. The van der Waals surface area contributed by atoms with Crippen LogP contribution in [0.25, 0.3) is 5.78 Å². The molecular formula is C17H28N4O. The fourth-order valence-corrected chi connectivity index (χ4v) is 2.79. The molecule has 0 saturated carbocycles. The molecular weight excluding hydrogens is 276 g/mol. The van der Waals surface area contributed by atoms with Gasteiger partial charge in [0, 0.05) is 6.07 Å². The molecule has 0 amide bonds. The molecule has 2 aromatic heterocycles. The lowest BCUT2D eigenvalue weighted by molar-refractivity contribution is 0.555. The topological polar surface area (TPSA) is 63.0 Å². The maximum atomic E-state index is 11.8. The molecule has 1 N–H and O–H groups in total. The smallest absolute Gasteiger partial charge is 0.274 e. The van der Waals surface area contributed by atoms with Crippen molar-refractivity contribution >= 4 is 5.78 Å². The Kier molecular flexibility index (Phi) is 7.13. The Hall–Kier alpha value is -1.65. The first-order chi connectivity index (χ1) is 10.8. The van der Waals surface area contributed by atoms with Crippen molar-refractivity contribution in [2.75, 3.05) is 0 Å². The van der Waals surface area contributed by atoms with Gasteiger partial charge in [-0.2, -0.15) is 4.52 Å². The van der Waals surface area contributed by atoms with Crippen LogP contribution in [0.15, 0.2) is 17.2 Å². The lowest BCUT2D eigenvalue weighted by Gasteiger charge is -2.02. The molecule has 5 heteroatoms. The number of aromatic nitrogens is 4. The van der Waals surface area contributed by atoms with E-state index in [1.807, 2.05) is 0 Å². The Morgan fingerprint density at radius 3 is 2.32 bits per heavy atom. The molecule has 122 valence electrons. The highest BCUT2D eigenvalue weighted by atomic mass is 16.1. The van der Waals surface area contributed by atoms with Crippen LogP contribution >= 0.6 is 0 Å². The number of hydrogen-bond acceptors (Lipinski definition) is 3. The van der Waals surface area contributed by atoms with Crippen molar-refractivity contribution in [1.82, 2.24) is 19.6 Å². The van der Waals surface area contributed by atoms with Crippen LogP contribution in [0.4, 0.5) is 0 Å². The van der Waals surface area contributed by atoms with E-state index in [1.165, 1.54) is 68.6 Å². The Morgan fingerprint density at radius 2 is 1.64 bits per heavy atom. The number of hydrogen-bond donors (Lipinski definition) is 1. The van der Waals surface area contributed by atoms with Gasteiger partial charge in [-0.3, -0.25) is 9.89 Å². The second-order valence-electron chi connectivity index (χ2n) is 6.04. The third-order valence-corrected chi connectivity index (χ3v) is 4.11. The summed E-state index contributed by atoms with van der Waals surface area (Å²) < 4.78 is 1.36. The Bertz CT molecular complexity index is 602. The van der Waals surface area contributed by atoms with Gasteiger partial charge in [0.2, 0.25) is 0 Å². The van der Waals surface area contributed by atoms with Gasteiger partial charge in [0.25, 0.3) is 11.3 Å². The number of H-pyrrole nitrogens is 1. The van der Waals surface area contributed by atoms with Crippen LogP contribution in [0, 0.1) is 0 Å². The summed E-state index contributed by atoms with van der Waals surface area (Å²) in [6.07, 6.45) is 15.5. The monoisotopic (exact) mass is 304 g/mol. The van der Waals surface area contributed by atoms with Crippen molar-refractivity contribution in [3.63, 3.8) is 0 Å². The van der Waals surface area contributed by atoms with E-state index in [9.17, 15) is 4.79 Å². The average molecular weight is 304 g/mol. The molecule has 0 spiro atoms. The molecule has 0 unspecified atom stereocenters. The molecule has 0 fully saturated rings. The summed E-state index contributed by atoms with van der Waals surface area (Å²) in [7, 11) is 0. The molecule has 0 saturated heterocycles. The Labute approximate surface area is 132 Å². The normalized spacial score (nSPS) is 11.3. The summed E-state index contributed by atoms with van der Waals surface area (Å²) in [4.78, 5) is 20.2. The highest BCUT2D eigenvalue weighted by Gasteiger charge is 2.03. The van der Waals surface area contributed by atoms with Gasteiger partial charge in [-0.05, 0) is 12.8 Å². The average Bonchev–Trinajstić information content (AvgIpc) is 2.98. The number of nitrogens with one attached hydrogen (secondary N) is 1. The van der Waals surface area contributed by atoms with Gasteiger partial charge >= 0.3 is 0 Å². The number of nitrogens with zero attached hydrogens (tertiary/aromatic N) is 3. The molecule has 0 radical (unpaired) electrons. The van der Waals surface area contributed by atoms with E-state index in [0.29, 0.717) is 5.78 Å². The van der Waals surface area contributed by atoms with Crippen LogP contribution in [0.3, 0.4) is 0 Å². The second-order valence-corrected chi connectivity index (χ2v) is 6.04. The fraction of sp³-hybridized carbons (Fsp3) is 0.706. The van der Waals surface area contributed by atoms with Gasteiger partial charge in [-0.15, -0.1) is 0 Å². The molecule has 0 aliphatic carbocycles. The van der Waals surface area contributed by atoms with E-state index in [-0.39, 0.29) is 5.56 Å². The predicted molar refractivity (Wildman–Crippen MR) is 89.2 cm³/mol. The van der Waals surface area contributed by atoms with Gasteiger partial charge < -0.3 is 0 Å². The largest absolute Gasteiger partial charge is 0.278 e. The van der Waals surface area contributed by atoms with Crippen LogP contribution in [0.5, 0.6) is 0 Å². The van der Waals surface area contributed by atoms with Crippen LogP contribution < -0.4 is 5.56 Å². The molecule has 2 heterocycles. The second kappa shape index (κ2) is 9.38. The number of rotatable bonds is 11. The standard InChI is InChI=1S/C17H28N4O/c1-2-3-4-5-6-7-8-9-10-11-12-15-13-16(22)21-17(20-15)18-14-19-21/h13-14H,2-12H2,1H3,(H,18,19,20). The van der Waals surface area contributed by atoms with Gasteiger partial charge in [-0.1, -0.05) is 64.7 Å². The zero-order valence-corrected chi connectivity index (χ0v) is 13.7. The van der Waals surface area contributed by atoms with Crippen molar-refractivity contribution in [3.8, 4) is 0 Å². The molecule has 0 atom stereocenters. The third-order valence-electron chi connectivity index (χ3n) is 4.11. The molecule has 2 rings (SSSR count). The SMILES string of the molecule is CCCCCCCCCCCCc1cc(=O)n2[nH]cnc2n1. The third kappa shape index (κ3) is 5.28. The zero-order chi connectivity index (χ0) is 15.6. The molecule has 0 bridgehead atoms. The maximum Gasteiger partial charge on any atom is 0.274 e. The van der Waals surface area contributed by atoms with Crippen LogP contribution in [-0.2, 0) is 6.42 Å². The highest BCUT2D eigenvalue weighted by molar-refractivity contribution is 5.25. The van der Waals surface area contributed by atoms with E-state index >= 15 is 0 Å². The minimum atomic E-state index is -0.0791. The zero-order valence-electron chi connectivity index (χ0n) is 13.7. The lowest BCUT2D eigenvalue weighted by atomic mass is 10.1. The van der Waals surface area contributed by atoms with Crippen LogP contribution in [-0.4, -0.2) is 19.6 Å². The summed E-state index contributed by atoms with van der Waals surface area (Å²) in [5, 5.41) is 2.75. The summed E-state index contributed by atoms with van der Waals surface area (Å²) >= 11 is 0. The summed E-state index contributed by atoms with van der Waals surface area (Å²) in [6.45, 7) is 2.26. The minimum Gasteiger partial charge on any atom is -0.278 e. The van der Waals surface area contributed by atoms with Crippen molar-refractivity contribution in [3.05, 3.63) is 28.4 Å². The van der Waals surface area contributed by atoms with Gasteiger partial charge in [0.1, 0.15) is 6.33 Å². The summed E-state index contributed by atoms with van der Waals surface area (Å²) in [6, 6.07) is 1.61. The van der Waals surface area contributed by atoms with E-state index in [0.717, 1.165) is 18.5 Å². The van der Waals surface area contributed by atoms with Gasteiger partial charge in [0.05, 0.1) is 5.69 Å². The number of unbranched alkanes of at least 4 members (excludes halogenated alkanes) is 9. The summed E-state index contributed by atoms with van der Waals surface area (Å²) in [5.41, 5.74) is 0.779. The van der Waals surface area contributed by atoms with Crippen molar-refractivity contribution < 1.29 is 0 Å². The number of aromatic amines is 1. The molecule has 0 aromatic carbocycles. The van der Waals surface area contributed by atoms with E-state index in [1.54, 1.807) is 6.07 Å². The number of fused-ring (bicyclic) bond motifs is 1. The molecule has 2 aromatic rings. The van der Waals surface area contributed by atoms with Crippen LogP contribution in [0.1, 0.15) is 76.8 Å². The van der Waals surface area contributed by atoms with E-state index in [4.69, 9.17) is 0 Å². The maximum absolute atomic E-state index is 11.8. The van der Waals surface area contributed by atoms with Crippen LogP contribution in [0.2, 0.25) is 0 Å². The predicted octanol–water partition coefficient (Wildman–Crippen LogP) is 3.88. The fourth-order valence-electron chi connectivity index (χ4n) is 2.79. The Balaban J connectivity index is 1.57. The molecule has 0 aliphatic heterocycles. The minimum absolute atomic E-state index is 0.0791. The first-order valence-electron chi connectivity index (χ1n) is 8.73. The lowest BCUT2D eigenvalue weighted by Crippen LogP contribution is -2.15. The van der Waals surface area contributed by atoms with Crippen molar-refractivity contribution in [1.29, 1.82) is 0 Å². The van der Waals surface area contributed by atoms with Gasteiger partial charge in [0.15, 0.2) is 0 Å². The highest BCUT2D eigenvalue weighted by Crippen LogP contribution is 2.11. The first kappa shape index (κ1) is 16.7. The van der Waals surface area contributed by atoms with E-state index < -0.39 is 0 Å². The summed E-state index contributed by atoms with van der Waals surface area (Å²) in [5.74, 6) is 0.467. The number of aryl methyl sites for hydroxylation is 1. The molecule has 5 nitrogen and oxygen atoms in total. The van der Waals surface area contributed by atoms with E-state index in [2.05, 4.69) is 22.0 Å². The van der Waals surface area contributed by atoms with Gasteiger partial charge in [-0.25, -0.2) is 9.97 Å².